The van der Waals surface area contributed by atoms with Crippen molar-refractivity contribution in [3.8, 4) is 5.75 Å². The van der Waals surface area contributed by atoms with Gasteiger partial charge in [-0.2, -0.15) is 0 Å². The first-order chi connectivity index (χ1) is 10.4. The molecule has 6 nitrogen and oxygen atoms in total. The minimum Gasteiger partial charge on any atom is -0.491 e. The van der Waals surface area contributed by atoms with Crippen LogP contribution in [0.5, 0.6) is 5.75 Å². The lowest BCUT2D eigenvalue weighted by molar-refractivity contribution is 0.321. The highest BCUT2D eigenvalue weighted by Crippen LogP contribution is 2.21. The van der Waals surface area contributed by atoms with Crippen molar-refractivity contribution in [1.29, 1.82) is 0 Å². The molecule has 8 heteroatoms. The van der Waals surface area contributed by atoms with Gasteiger partial charge in [-0.25, -0.2) is 27.5 Å². The maximum atomic E-state index is 13.7. The van der Waals surface area contributed by atoms with E-state index in [9.17, 15) is 12.8 Å². The van der Waals surface area contributed by atoms with Gasteiger partial charge in [-0.1, -0.05) is 0 Å². The Morgan fingerprint density at radius 2 is 2.05 bits per heavy atom. The van der Waals surface area contributed by atoms with Crippen molar-refractivity contribution >= 4 is 10.0 Å². The van der Waals surface area contributed by atoms with Crippen LogP contribution in [0.25, 0.3) is 0 Å². The third-order valence-corrected chi connectivity index (χ3v) is 4.22. The molecule has 0 atom stereocenters. The highest BCUT2D eigenvalue weighted by molar-refractivity contribution is 7.89. The predicted molar refractivity (Wildman–Crippen MR) is 78.4 cm³/mol. The van der Waals surface area contributed by atoms with Crippen LogP contribution in [0.1, 0.15) is 18.3 Å². The van der Waals surface area contributed by atoms with Gasteiger partial charge in [0.2, 0.25) is 10.0 Å². The first-order valence-electron chi connectivity index (χ1n) is 6.62. The fourth-order valence-corrected chi connectivity index (χ4v) is 2.79. The van der Waals surface area contributed by atoms with Gasteiger partial charge in [-0.05, 0) is 38.1 Å². The third kappa shape index (κ3) is 3.99. The van der Waals surface area contributed by atoms with Crippen LogP contribution in [-0.2, 0) is 16.6 Å². The van der Waals surface area contributed by atoms with Gasteiger partial charge in [-0.15, -0.1) is 0 Å². The molecule has 0 aliphatic rings. The number of nitrogens with one attached hydrogen (secondary N) is 1. The molecule has 0 saturated carbocycles. The van der Waals surface area contributed by atoms with Gasteiger partial charge in [0.25, 0.3) is 0 Å². The molecule has 0 amide bonds. The lowest BCUT2D eigenvalue weighted by Gasteiger charge is -2.09. The molecule has 1 heterocycles. The monoisotopic (exact) mass is 325 g/mol. The van der Waals surface area contributed by atoms with Gasteiger partial charge in [0.05, 0.1) is 23.7 Å². The molecule has 0 fully saturated rings. The second-order valence-corrected chi connectivity index (χ2v) is 6.27. The fraction of sp³-hybridized carbons (Fsp3) is 0.286. The average molecular weight is 325 g/mol. The molecular formula is C14H16FN3O3S. The normalized spacial score (nSPS) is 11.4. The number of halogens is 1. The fourth-order valence-electron chi connectivity index (χ4n) is 1.78. The van der Waals surface area contributed by atoms with Crippen molar-refractivity contribution in [3.05, 3.63) is 47.8 Å². The van der Waals surface area contributed by atoms with Gasteiger partial charge >= 0.3 is 0 Å². The summed E-state index contributed by atoms with van der Waals surface area (Å²) in [5.74, 6) is -0.699. The van der Waals surface area contributed by atoms with Crippen LogP contribution in [-0.4, -0.2) is 25.0 Å². The van der Waals surface area contributed by atoms with Gasteiger partial charge in [0.15, 0.2) is 11.6 Å². The zero-order valence-corrected chi connectivity index (χ0v) is 13.0. The van der Waals surface area contributed by atoms with E-state index in [0.29, 0.717) is 12.3 Å². The molecule has 1 aromatic heterocycles. The number of benzene rings is 1. The molecule has 1 N–H and O–H groups in total. The summed E-state index contributed by atoms with van der Waals surface area (Å²) in [6.07, 6.45) is 1.36. The lowest BCUT2D eigenvalue weighted by atomic mass is 10.3. The smallest absolute Gasteiger partial charge is 0.241 e. The van der Waals surface area contributed by atoms with Gasteiger partial charge < -0.3 is 4.74 Å². The zero-order valence-electron chi connectivity index (χ0n) is 12.2. The number of sulfonamides is 1. The molecule has 0 aliphatic carbocycles. The summed E-state index contributed by atoms with van der Waals surface area (Å²) >= 11 is 0. The van der Waals surface area contributed by atoms with Crippen LogP contribution in [0.15, 0.2) is 35.5 Å². The molecule has 0 bridgehead atoms. The van der Waals surface area contributed by atoms with Crippen molar-refractivity contribution in [2.24, 2.45) is 0 Å². The van der Waals surface area contributed by atoms with Crippen molar-refractivity contribution in [3.63, 3.8) is 0 Å². The summed E-state index contributed by atoms with van der Waals surface area (Å²) in [5, 5.41) is 0. The minimum atomic E-state index is -3.83. The largest absolute Gasteiger partial charge is 0.491 e. The second kappa shape index (κ2) is 6.80. The zero-order chi connectivity index (χ0) is 16.2. The Bertz CT molecular complexity index is 766. The van der Waals surface area contributed by atoms with E-state index >= 15 is 0 Å². The Labute approximate surface area is 128 Å². The quantitative estimate of drug-likeness (QED) is 0.876. The lowest BCUT2D eigenvalue weighted by Crippen LogP contribution is -2.24. The summed E-state index contributed by atoms with van der Waals surface area (Å²) in [6, 6.07) is 5.18. The van der Waals surface area contributed by atoms with E-state index in [-0.39, 0.29) is 17.2 Å². The number of hydrogen-bond acceptors (Lipinski definition) is 5. The predicted octanol–water partition coefficient (Wildman–Crippen LogP) is 1.80. The summed E-state index contributed by atoms with van der Waals surface area (Å²) < 4.78 is 45.5. The highest BCUT2D eigenvalue weighted by Gasteiger charge is 2.16. The topological polar surface area (TPSA) is 81.2 Å². The van der Waals surface area contributed by atoms with Crippen LogP contribution < -0.4 is 9.46 Å². The first kappa shape index (κ1) is 16.3. The third-order valence-electron chi connectivity index (χ3n) is 2.82. The maximum Gasteiger partial charge on any atom is 0.241 e. The van der Waals surface area contributed by atoms with E-state index in [0.717, 1.165) is 11.8 Å². The van der Waals surface area contributed by atoms with Gasteiger partial charge in [0.1, 0.15) is 6.33 Å². The molecule has 2 rings (SSSR count). The number of hydrogen-bond donors (Lipinski definition) is 1. The number of aryl methyl sites for hydroxylation is 1. The molecule has 0 saturated heterocycles. The standard InChI is InChI=1S/C14H16FN3O3S/c1-3-21-14-5-4-12(7-13(14)15)22(19,20)18-8-11-6-10(2)16-9-17-11/h4-7,9,18H,3,8H2,1-2H3. The number of ether oxygens (including phenoxy) is 1. The van der Waals surface area contributed by atoms with E-state index in [4.69, 9.17) is 4.74 Å². The van der Waals surface area contributed by atoms with Crippen molar-refractivity contribution in [2.75, 3.05) is 6.61 Å². The van der Waals surface area contributed by atoms with E-state index in [1.165, 1.54) is 18.5 Å². The Kier molecular flexibility index (Phi) is 5.04. The average Bonchev–Trinajstić information content (AvgIpc) is 2.47. The molecule has 2 aromatic rings. The highest BCUT2D eigenvalue weighted by atomic mass is 32.2. The SMILES string of the molecule is CCOc1ccc(S(=O)(=O)NCc2cc(C)ncn2)cc1F. The number of aromatic nitrogens is 2. The summed E-state index contributed by atoms with van der Waals surface area (Å²) in [4.78, 5) is 7.72. The van der Waals surface area contributed by atoms with Crippen molar-refractivity contribution in [1.82, 2.24) is 14.7 Å². The Hall–Kier alpha value is -2.06. The van der Waals surface area contributed by atoms with E-state index in [1.807, 2.05) is 0 Å². The Morgan fingerprint density at radius 1 is 1.27 bits per heavy atom. The molecular weight excluding hydrogens is 309 g/mol. The number of rotatable bonds is 6. The van der Waals surface area contributed by atoms with Crippen molar-refractivity contribution in [2.45, 2.75) is 25.3 Å². The van der Waals surface area contributed by atoms with Gasteiger partial charge in [-0.3, -0.25) is 0 Å². The summed E-state index contributed by atoms with van der Waals surface area (Å²) in [5.41, 5.74) is 1.26. The Morgan fingerprint density at radius 3 is 2.68 bits per heavy atom. The first-order valence-corrected chi connectivity index (χ1v) is 8.10. The van der Waals surface area contributed by atoms with Crippen LogP contribution in [0.2, 0.25) is 0 Å². The number of nitrogens with zero attached hydrogens (tertiary/aromatic N) is 2. The van der Waals surface area contributed by atoms with Gasteiger partial charge in [0, 0.05) is 5.69 Å². The molecule has 22 heavy (non-hydrogen) atoms. The van der Waals surface area contributed by atoms with Crippen molar-refractivity contribution < 1.29 is 17.5 Å². The van der Waals surface area contributed by atoms with E-state index in [2.05, 4.69) is 14.7 Å². The minimum absolute atomic E-state index is 0.000520. The molecule has 118 valence electrons. The van der Waals surface area contributed by atoms with Crippen LogP contribution >= 0.6 is 0 Å². The molecule has 0 radical (unpaired) electrons. The van der Waals surface area contributed by atoms with E-state index in [1.54, 1.807) is 19.9 Å². The van der Waals surface area contributed by atoms with E-state index < -0.39 is 15.8 Å². The van der Waals surface area contributed by atoms with Crippen LogP contribution in [0.3, 0.4) is 0 Å². The summed E-state index contributed by atoms with van der Waals surface area (Å²) in [7, 11) is -3.83. The molecule has 1 aromatic carbocycles. The van der Waals surface area contributed by atoms with Crippen LogP contribution in [0.4, 0.5) is 4.39 Å². The molecule has 0 unspecified atom stereocenters. The molecule has 0 aliphatic heterocycles. The maximum absolute atomic E-state index is 13.7. The molecule has 0 spiro atoms. The second-order valence-electron chi connectivity index (χ2n) is 4.50. The van der Waals surface area contributed by atoms with Crippen LogP contribution in [0, 0.1) is 12.7 Å². The Balaban J connectivity index is 2.15. The summed E-state index contributed by atoms with van der Waals surface area (Å²) in [6.45, 7) is 3.80.